The summed E-state index contributed by atoms with van der Waals surface area (Å²) in [5.41, 5.74) is 4.01. The van der Waals surface area contributed by atoms with Gasteiger partial charge < -0.3 is 0 Å². The van der Waals surface area contributed by atoms with E-state index in [4.69, 9.17) is 4.98 Å². The zero-order chi connectivity index (χ0) is 16.4. The Hall–Kier alpha value is -3.46. The smallest absolute Gasteiger partial charge is 0.148 e. The first-order valence-electron chi connectivity index (χ1n) is 8.37. The van der Waals surface area contributed by atoms with Crippen molar-refractivity contribution in [3.63, 3.8) is 0 Å². The summed E-state index contributed by atoms with van der Waals surface area (Å²) in [4.78, 5) is 9.65. The summed E-state index contributed by atoms with van der Waals surface area (Å²) < 4.78 is 2.19. The third kappa shape index (κ3) is 1.59. The van der Waals surface area contributed by atoms with E-state index in [0.717, 1.165) is 27.7 Å². The van der Waals surface area contributed by atoms with Crippen molar-refractivity contribution in [3.8, 4) is 0 Å². The van der Waals surface area contributed by atoms with Crippen LogP contribution in [0.5, 0.6) is 0 Å². The van der Waals surface area contributed by atoms with Crippen LogP contribution in [0.2, 0.25) is 0 Å². The average Bonchev–Trinajstić information content (AvgIpc) is 3.07. The second kappa shape index (κ2) is 4.54. The quantitative estimate of drug-likeness (QED) is 0.354. The molecule has 3 aromatic carbocycles. The number of para-hydroxylation sites is 2. The third-order valence-electron chi connectivity index (χ3n) is 5.00. The van der Waals surface area contributed by atoms with Gasteiger partial charge in [0, 0.05) is 17.0 Å². The van der Waals surface area contributed by atoms with E-state index in [-0.39, 0.29) is 0 Å². The normalized spacial score (nSPS) is 12.0. The van der Waals surface area contributed by atoms with Crippen molar-refractivity contribution in [1.82, 2.24) is 14.4 Å². The molecule has 3 aromatic heterocycles. The van der Waals surface area contributed by atoms with Gasteiger partial charge in [-0.1, -0.05) is 48.5 Å². The summed E-state index contributed by atoms with van der Waals surface area (Å²) in [5.74, 6) is 0. The van der Waals surface area contributed by atoms with E-state index in [0.29, 0.717) is 0 Å². The number of aromatic nitrogens is 3. The van der Waals surface area contributed by atoms with Crippen LogP contribution in [0.3, 0.4) is 0 Å². The van der Waals surface area contributed by atoms with Crippen LogP contribution >= 0.6 is 0 Å². The largest absolute Gasteiger partial charge is 0.276 e. The van der Waals surface area contributed by atoms with Gasteiger partial charge in [0.1, 0.15) is 11.3 Å². The van der Waals surface area contributed by atoms with Crippen molar-refractivity contribution in [1.29, 1.82) is 0 Å². The van der Waals surface area contributed by atoms with Crippen LogP contribution in [0, 0.1) is 0 Å². The van der Waals surface area contributed by atoms with Gasteiger partial charge >= 0.3 is 0 Å². The van der Waals surface area contributed by atoms with Gasteiger partial charge in [0.25, 0.3) is 0 Å². The molecule has 116 valence electrons. The molecule has 0 radical (unpaired) electrons. The molecule has 0 amide bonds. The number of fused-ring (bicyclic) bond motifs is 10. The second-order valence-electron chi connectivity index (χ2n) is 6.34. The topological polar surface area (TPSA) is 30.2 Å². The number of imidazole rings is 1. The molecule has 0 bridgehead atoms. The summed E-state index contributed by atoms with van der Waals surface area (Å²) in [6.07, 6.45) is 1.85. The first-order valence-corrected chi connectivity index (χ1v) is 8.37. The molecule has 0 spiro atoms. The minimum absolute atomic E-state index is 0.953. The molecular weight excluding hydrogens is 306 g/mol. The Morgan fingerprint density at radius 2 is 1.48 bits per heavy atom. The Morgan fingerprint density at radius 3 is 2.48 bits per heavy atom. The molecule has 0 fully saturated rings. The lowest BCUT2D eigenvalue weighted by Crippen LogP contribution is -1.94. The van der Waals surface area contributed by atoms with Gasteiger partial charge in [0.2, 0.25) is 0 Å². The van der Waals surface area contributed by atoms with Gasteiger partial charge in [-0.25, -0.2) is 9.97 Å². The lowest BCUT2D eigenvalue weighted by molar-refractivity contribution is 1.23. The highest BCUT2D eigenvalue weighted by atomic mass is 15.1. The number of pyridine rings is 2. The third-order valence-corrected chi connectivity index (χ3v) is 5.00. The summed E-state index contributed by atoms with van der Waals surface area (Å²) >= 11 is 0. The highest BCUT2D eigenvalue weighted by Gasteiger charge is 2.15. The molecule has 6 aromatic rings. The van der Waals surface area contributed by atoms with Crippen molar-refractivity contribution >= 4 is 49.3 Å². The van der Waals surface area contributed by atoms with Crippen LogP contribution < -0.4 is 0 Å². The van der Waals surface area contributed by atoms with Crippen LogP contribution in [-0.4, -0.2) is 14.4 Å². The second-order valence-corrected chi connectivity index (χ2v) is 6.34. The predicted octanol–water partition coefficient (Wildman–Crippen LogP) is 5.34. The molecule has 0 unspecified atom stereocenters. The Kier molecular flexibility index (Phi) is 2.35. The Balaban J connectivity index is 2.08. The fraction of sp³-hybridized carbons (Fsp3) is 0. The van der Waals surface area contributed by atoms with Gasteiger partial charge in [-0.15, -0.1) is 0 Å². The molecule has 3 nitrogen and oxygen atoms in total. The summed E-state index contributed by atoms with van der Waals surface area (Å²) in [7, 11) is 0. The molecule has 6 rings (SSSR count). The van der Waals surface area contributed by atoms with Gasteiger partial charge in [0.05, 0.1) is 11.0 Å². The Bertz CT molecular complexity index is 1440. The van der Waals surface area contributed by atoms with Crippen molar-refractivity contribution in [2.24, 2.45) is 0 Å². The lowest BCUT2D eigenvalue weighted by atomic mass is 10.0. The number of rotatable bonds is 0. The van der Waals surface area contributed by atoms with Crippen molar-refractivity contribution in [2.75, 3.05) is 0 Å². The fourth-order valence-electron chi connectivity index (χ4n) is 3.93. The molecule has 0 atom stereocenters. The lowest BCUT2D eigenvalue weighted by Gasteiger charge is -2.10. The highest BCUT2D eigenvalue weighted by Crippen LogP contribution is 2.35. The Morgan fingerprint density at radius 1 is 0.640 bits per heavy atom. The molecule has 3 heterocycles. The van der Waals surface area contributed by atoms with Crippen LogP contribution in [0.1, 0.15) is 0 Å². The van der Waals surface area contributed by atoms with Gasteiger partial charge in [0.15, 0.2) is 0 Å². The molecule has 0 N–H and O–H groups in total. The number of hydrogen-bond acceptors (Lipinski definition) is 2. The molecule has 0 aliphatic carbocycles. The molecule has 3 heteroatoms. The number of benzene rings is 3. The standard InChI is InChI=1S/C22H13N3/c1-2-7-15-14(6-1)11-12-16-17-8-5-13-23-21(17)25-19-10-4-3-9-18(19)24-22(25)20(15)16/h1-13H. The molecule has 0 saturated heterocycles. The molecule has 25 heavy (non-hydrogen) atoms. The van der Waals surface area contributed by atoms with Crippen molar-refractivity contribution in [2.45, 2.75) is 0 Å². The molecule has 0 aliphatic rings. The monoisotopic (exact) mass is 319 g/mol. The van der Waals surface area contributed by atoms with Crippen LogP contribution in [-0.2, 0) is 0 Å². The van der Waals surface area contributed by atoms with Crippen LogP contribution in [0.25, 0.3) is 49.3 Å². The van der Waals surface area contributed by atoms with Gasteiger partial charge in [-0.2, -0.15) is 0 Å². The van der Waals surface area contributed by atoms with Crippen molar-refractivity contribution < 1.29 is 0 Å². The van der Waals surface area contributed by atoms with Crippen LogP contribution in [0.15, 0.2) is 79.0 Å². The number of nitrogens with zero attached hydrogens (tertiary/aromatic N) is 3. The van der Waals surface area contributed by atoms with Gasteiger partial charge in [-0.3, -0.25) is 4.40 Å². The minimum Gasteiger partial charge on any atom is -0.276 e. The van der Waals surface area contributed by atoms with E-state index in [2.05, 4.69) is 70.0 Å². The first kappa shape index (κ1) is 12.9. The highest BCUT2D eigenvalue weighted by molar-refractivity contribution is 6.22. The summed E-state index contributed by atoms with van der Waals surface area (Å²) in [5, 5.41) is 6.00. The maximum Gasteiger partial charge on any atom is 0.148 e. The fourth-order valence-corrected chi connectivity index (χ4v) is 3.93. The van der Waals surface area contributed by atoms with E-state index < -0.39 is 0 Å². The number of hydrogen-bond donors (Lipinski definition) is 0. The van der Waals surface area contributed by atoms with Crippen LogP contribution in [0.4, 0.5) is 0 Å². The van der Waals surface area contributed by atoms with E-state index in [1.807, 2.05) is 18.3 Å². The molecular formula is C22H13N3. The Labute approximate surface area is 143 Å². The predicted molar refractivity (Wildman–Crippen MR) is 103 cm³/mol. The average molecular weight is 319 g/mol. The van der Waals surface area contributed by atoms with E-state index in [1.54, 1.807) is 0 Å². The zero-order valence-electron chi connectivity index (χ0n) is 13.3. The van der Waals surface area contributed by atoms with E-state index in [1.165, 1.54) is 21.5 Å². The SMILES string of the molecule is c1ccc2c(c1)ccc1c3cccnc3n3c4ccccc4nc3c21. The van der Waals surface area contributed by atoms with Gasteiger partial charge in [-0.05, 0) is 40.4 Å². The minimum atomic E-state index is 0.953. The molecule has 0 aliphatic heterocycles. The maximum absolute atomic E-state index is 4.97. The molecule has 0 saturated carbocycles. The summed E-state index contributed by atoms with van der Waals surface area (Å²) in [6, 6.07) is 25.3. The van der Waals surface area contributed by atoms with E-state index >= 15 is 0 Å². The van der Waals surface area contributed by atoms with Crippen molar-refractivity contribution in [3.05, 3.63) is 79.0 Å². The zero-order valence-corrected chi connectivity index (χ0v) is 13.3. The maximum atomic E-state index is 4.97. The van der Waals surface area contributed by atoms with E-state index in [9.17, 15) is 0 Å². The summed E-state index contributed by atoms with van der Waals surface area (Å²) in [6.45, 7) is 0. The first-order chi connectivity index (χ1) is 12.4.